The lowest BCUT2D eigenvalue weighted by Crippen LogP contribution is -2.38. The Kier molecular flexibility index (Phi) is 2.17. The van der Waals surface area contributed by atoms with Crippen LogP contribution < -0.4 is 0 Å². The molecule has 2 nitrogen and oxygen atoms in total. The van der Waals surface area contributed by atoms with E-state index in [9.17, 15) is 4.79 Å². The van der Waals surface area contributed by atoms with Gasteiger partial charge in [0.05, 0.1) is 0 Å². The average molecular weight is 207 g/mol. The van der Waals surface area contributed by atoms with Gasteiger partial charge < -0.3 is 4.90 Å². The maximum atomic E-state index is 12.2. The fraction of sp³-hybridized carbons (Fsp3) is 0.923. The van der Waals surface area contributed by atoms with Crippen LogP contribution in [-0.2, 0) is 4.79 Å². The van der Waals surface area contributed by atoms with Gasteiger partial charge in [-0.25, -0.2) is 0 Å². The second-order valence-corrected chi connectivity index (χ2v) is 6.04. The van der Waals surface area contributed by atoms with E-state index in [0.29, 0.717) is 17.6 Å². The van der Waals surface area contributed by atoms with Crippen molar-refractivity contribution in [3.63, 3.8) is 0 Å². The van der Waals surface area contributed by atoms with Crippen LogP contribution in [0.5, 0.6) is 0 Å². The van der Waals surface area contributed by atoms with Gasteiger partial charge in [-0.2, -0.15) is 0 Å². The average Bonchev–Trinajstić information content (AvgIpc) is 2.77. The quantitative estimate of drug-likeness (QED) is 0.688. The molecule has 3 fully saturated rings. The van der Waals surface area contributed by atoms with Crippen LogP contribution in [0.2, 0.25) is 0 Å². The Bertz CT molecular complexity index is 286. The van der Waals surface area contributed by atoms with E-state index in [1.165, 1.54) is 25.7 Å². The van der Waals surface area contributed by atoms with Gasteiger partial charge in [-0.1, -0.05) is 6.42 Å². The minimum Gasteiger partial charge on any atom is -0.309 e. The number of carbonyl (C=O) groups is 1. The number of nitrogens with zero attached hydrogens (tertiary/aromatic N) is 1. The van der Waals surface area contributed by atoms with E-state index in [0.717, 1.165) is 24.3 Å². The van der Waals surface area contributed by atoms with E-state index in [2.05, 4.69) is 19.0 Å². The number of ketones is 1. The third-order valence-corrected chi connectivity index (χ3v) is 5.03. The molecule has 5 atom stereocenters. The Labute approximate surface area is 92.0 Å². The van der Waals surface area contributed by atoms with Crippen molar-refractivity contribution in [3.05, 3.63) is 0 Å². The maximum absolute atomic E-state index is 12.2. The Morgan fingerprint density at radius 3 is 2.67 bits per heavy atom. The predicted molar refractivity (Wildman–Crippen MR) is 59.5 cm³/mol. The fourth-order valence-electron chi connectivity index (χ4n) is 4.59. The monoisotopic (exact) mass is 207 g/mol. The molecular weight excluding hydrogens is 186 g/mol. The first-order valence-corrected chi connectivity index (χ1v) is 6.37. The molecule has 3 saturated carbocycles. The molecule has 0 radical (unpaired) electrons. The second-order valence-electron chi connectivity index (χ2n) is 6.04. The molecule has 0 spiro atoms. The highest BCUT2D eigenvalue weighted by Crippen LogP contribution is 2.59. The molecule has 3 rings (SSSR count). The first-order valence-electron chi connectivity index (χ1n) is 6.37. The smallest absolute Gasteiger partial charge is 0.140 e. The SMILES string of the molecule is CN(C)C[C@H]1C(=O)[C@@H]2C[C@H]1[C@@H]1CCC[C@H]12. The van der Waals surface area contributed by atoms with Crippen molar-refractivity contribution >= 4 is 5.78 Å². The van der Waals surface area contributed by atoms with Gasteiger partial charge in [-0.3, -0.25) is 4.79 Å². The van der Waals surface area contributed by atoms with Gasteiger partial charge in [-0.05, 0) is 51.1 Å². The molecule has 0 amide bonds. The lowest BCUT2D eigenvalue weighted by atomic mass is 9.75. The Balaban J connectivity index is 1.81. The van der Waals surface area contributed by atoms with E-state index in [1.54, 1.807) is 0 Å². The Hall–Kier alpha value is -0.370. The van der Waals surface area contributed by atoms with Gasteiger partial charge in [0.2, 0.25) is 0 Å². The van der Waals surface area contributed by atoms with Crippen LogP contribution in [-0.4, -0.2) is 31.3 Å². The molecule has 2 bridgehead atoms. The Morgan fingerprint density at radius 2 is 1.93 bits per heavy atom. The lowest BCUT2D eigenvalue weighted by molar-refractivity contribution is -0.129. The van der Waals surface area contributed by atoms with Crippen LogP contribution in [0.4, 0.5) is 0 Å². The summed E-state index contributed by atoms with van der Waals surface area (Å²) in [6, 6.07) is 0. The highest BCUT2D eigenvalue weighted by molar-refractivity contribution is 5.87. The van der Waals surface area contributed by atoms with Gasteiger partial charge in [0.25, 0.3) is 0 Å². The number of hydrogen-bond donors (Lipinski definition) is 0. The molecule has 0 heterocycles. The zero-order valence-corrected chi connectivity index (χ0v) is 9.78. The summed E-state index contributed by atoms with van der Waals surface area (Å²) in [4.78, 5) is 14.4. The summed E-state index contributed by atoms with van der Waals surface area (Å²) in [6.45, 7) is 0.989. The van der Waals surface area contributed by atoms with E-state index >= 15 is 0 Å². The standard InChI is InChI=1S/C13H21NO/c1-14(2)7-12-10-6-11(13(12)15)9-5-3-4-8(9)10/h8-12H,3-7H2,1-2H3/t8-,9-,10+,11-,12-/m1/s1. The summed E-state index contributed by atoms with van der Waals surface area (Å²) in [7, 11) is 4.18. The minimum atomic E-state index is 0.379. The summed E-state index contributed by atoms with van der Waals surface area (Å²) in [5, 5.41) is 0. The zero-order chi connectivity index (χ0) is 10.6. The van der Waals surface area contributed by atoms with E-state index in [1.807, 2.05) is 0 Å². The molecule has 84 valence electrons. The van der Waals surface area contributed by atoms with Crippen molar-refractivity contribution in [1.82, 2.24) is 4.90 Å². The van der Waals surface area contributed by atoms with Crippen molar-refractivity contribution in [1.29, 1.82) is 0 Å². The second kappa shape index (κ2) is 3.31. The van der Waals surface area contributed by atoms with Crippen molar-refractivity contribution < 1.29 is 4.79 Å². The Morgan fingerprint density at radius 1 is 1.20 bits per heavy atom. The van der Waals surface area contributed by atoms with Crippen LogP contribution >= 0.6 is 0 Å². The fourth-order valence-corrected chi connectivity index (χ4v) is 4.59. The van der Waals surface area contributed by atoms with E-state index in [4.69, 9.17) is 0 Å². The van der Waals surface area contributed by atoms with Gasteiger partial charge in [0.15, 0.2) is 0 Å². The third kappa shape index (κ3) is 1.30. The first-order chi connectivity index (χ1) is 7.18. The molecule has 0 N–H and O–H groups in total. The molecule has 0 aromatic heterocycles. The van der Waals surface area contributed by atoms with E-state index in [-0.39, 0.29) is 0 Å². The minimum absolute atomic E-state index is 0.379. The molecule has 2 heteroatoms. The number of hydrogen-bond acceptors (Lipinski definition) is 2. The van der Waals surface area contributed by atoms with E-state index < -0.39 is 0 Å². The predicted octanol–water partition coefficient (Wildman–Crippen LogP) is 1.80. The van der Waals surface area contributed by atoms with Gasteiger partial charge in [0, 0.05) is 18.4 Å². The molecule has 15 heavy (non-hydrogen) atoms. The summed E-state index contributed by atoms with van der Waals surface area (Å²) >= 11 is 0. The van der Waals surface area contributed by atoms with Gasteiger partial charge in [-0.15, -0.1) is 0 Å². The number of fused-ring (bicyclic) bond motifs is 5. The van der Waals surface area contributed by atoms with Crippen LogP contribution in [0.1, 0.15) is 25.7 Å². The highest BCUT2D eigenvalue weighted by Gasteiger charge is 2.58. The first kappa shape index (κ1) is 9.83. The molecule has 0 aromatic carbocycles. The molecular formula is C13H21NO. The maximum Gasteiger partial charge on any atom is 0.140 e. The summed E-state index contributed by atoms with van der Waals surface area (Å²) < 4.78 is 0. The van der Waals surface area contributed by atoms with Crippen LogP contribution in [0, 0.1) is 29.6 Å². The molecule has 0 saturated heterocycles. The zero-order valence-electron chi connectivity index (χ0n) is 9.78. The third-order valence-electron chi connectivity index (χ3n) is 5.03. The summed E-state index contributed by atoms with van der Waals surface area (Å²) in [5.74, 6) is 3.91. The van der Waals surface area contributed by atoms with Crippen molar-refractivity contribution in [2.24, 2.45) is 29.6 Å². The molecule has 0 aromatic rings. The molecule has 0 unspecified atom stereocenters. The van der Waals surface area contributed by atoms with Crippen molar-refractivity contribution in [2.75, 3.05) is 20.6 Å². The topological polar surface area (TPSA) is 20.3 Å². The number of Topliss-reactive ketones (excluding diaryl/α,β-unsaturated/α-hetero) is 1. The van der Waals surface area contributed by atoms with Crippen LogP contribution in [0.15, 0.2) is 0 Å². The lowest BCUT2D eigenvalue weighted by Gasteiger charge is -2.31. The number of rotatable bonds is 2. The normalized spacial score (nSPS) is 47.9. The highest BCUT2D eigenvalue weighted by atomic mass is 16.1. The molecule has 0 aliphatic heterocycles. The van der Waals surface area contributed by atoms with Gasteiger partial charge in [0.1, 0.15) is 5.78 Å². The van der Waals surface area contributed by atoms with Gasteiger partial charge >= 0.3 is 0 Å². The largest absolute Gasteiger partial charge is 0.309 e. The summed E-state index contributed by atoms with van der Waals surface area (Å²) in [6.07, 6.45) is 5.35. The number of carbonyl (C=O) groups excluding carboxylic acids is 1. The molecule has 3 aliphatic carbocycles. The van der Waals surface area contributed by atoms with Crippen molar-refractivity contribution in [2.45, 2.75) is 25.7 Å². The molecule has 3 aliphatic rings. The van der Waals surface area contributed by atoms with Crippen LogP contribution in [0.25, 0.3) is 0 Å². The van der Waals surface area contributed by atoms with Crippen LogP contribution in [0.3, 0.4) is 0 Å². The van der Waals surface area contributed by atoms with Crippen molar-refractivity contribution in [3.8, 4) is 0 Å². The summed E-state index contributed by atoms with van der Waals surface area (Å²) in [5.41, 5.74) is 0.